The summed E-state index contributed by atoms with van der Waals surface area (Å²) in [7, 11) is -0.307. The molecule has 0 saturated heterocycles. The van der Waals surface area contributed by atoms with Gasteiger partial charge in [0.1, 0.15) is 4.90 Å². The summed E-state index contributed by atoms with van der Waals surface area (Å²) in [5.41, 5.74) is 5.33. The van der Waals surface area contributed by atoms with Gasteiger partial charge in [-0.05, 0) is 0 Å². The molecule has 1 rings (SSSR count). The maximum absolute atomic E-state index is 11.6. The highest BCUT2D eigenvalue weighted by Gasteiger charge is 2.16. The predicted octanol–water partition coefficient (Wildman–Crippen LogP) is -1.40. The van der Waals surface area contributed by atoms with Crippen LogP contribution < -0.4 is 10.6 Å². The minimum atomic E-state index is -3.51. The molecule has 0 aliphatic heterocycles. The molecule has 7 nitrogen and oxygen atoms in total. The van der Waals surface area contributed by atoms with Crippen molar-refractivity contribution in [3.8, 4) is 0 Å². The van der Waals surface area contributed by atoms with Crippen LogP contribution >= 0.6 is 0 Å². The summed E-state index contributed by atoms with van der Waals surface area (Å²) in [6.45, 7) is 0.916. The van der Waals surface area contributed by atoms with Crippen LogP contribution in [0, 0.1) is 0 Å². The van der Waals surface area contributed by atoms with Crippen molar-refractivity contribution in [1.82, 2.24) is 19.6 Å². The second-order valence-electron chi connectivity index (χ2n) is 3.22. The molecule has 0 fully saturated rings. The molecular formula is C7H15N5O2S. The number of nitrogens with zero attached hydrogens (tertiary/aromatic N) is 3. The summed E-state index contributed by atoms with van der Waals surface area (Å²) < 4.78 is 24.7. The van der Waals surface area contributed by atoms with Crippen molar-refractivity contribution in [2.75, 3.05) is 20.6 Å². The average Bonchev–Trinajstić information content (AvgIpc) is 2.51. The number of hydrazine groups is 1. The summed E-state index contributed by atoms with van der Waals surface area (Å²) in [5.74, 6) is 0. The Morgan fingerprint density at radius 2 is 2.27 bits per heavy atom. The summed E-state index contributed by atoms with van der Waals surface area (Å²) in [6.07, 6.45) is 2.74. The van der Waals surface area contributed by atoms with Crippen LogP contribution in [0.1, 0.15) is 0 Å². The first-order valence-electron chi connectivity index (χ1n) is 4.38. The lowest BCUT2D eigenvalue weighted by Crippen LogP contribution is -2.35. The van der Waals surface area contributed by atoms with Crippen molar-refractivity contribution in [2.45, 2.75) is 11.4 Å². The fraction of sp³-hybridized carbons (Fsp3) is 0.571. The van der Waals surface area contributed by atoms with E-state index in [0.717, 1.165) is 0 Å². The zero-order valence-corrected chi connectivity index (χ0v) is 9.53. The van der Waals surface area contributed by atoms with Crippen molar-refractivity contribution in [1.29, 1.82) is 0 Å². The van der Waals surface area contributed by atoms with Crippen molar-refractivity contribution in [3.05, 3.63) is 12.4 Å². The molecule has 0 saturated carbocycles. The monoisotopic (exact) mass is 233 g/mol. The van der Waals surface area contributed by atoms with Crippen molar-refractivity contribution >= 4 is 10.0 Å². The van der Waals surface area contributed by atoms with Gasteiger partial charge in [-0.15, -0.1) is 4.83 Å². The Labute approximate surface area is 88.9 Å². The van der Waals surface area contributed by atoms with Crippen molar-refractivity contribution in [2.24, 2.45) is 5.73 Å². The lowest BCUT2D eigenvalue weighted by Gasteiger charge is -2.10. The second kappa shape index (κ2) is 4.71. The van der Waals surface area contributed by atoms with Crippen LogP contribution in [0.4, 0.5) is 0 Å². The second-order valence-corrected chi connectivity index (χ2v) is 4.88. The smallest absolute Gasteiger partial charge is 0.256 e. The highest BCUT2D eigenvalue weighted by atomic mass is 32.2. The molecule has 86 valence electrons. The van der Waals surface area contributed by atoms with Gasteiger partial charge in [0.2, 0.25) is 0 Å². The minimum Gasteiger partial charge on any atom is -0.329 e. The fourth-order valence-corrected chi connectivity index (χ4v) is 2.06. The average molecular weight is 233 g/mol. The number of hydrogen-bond acceptors (Lipinski definition) is 5. The third-order valence-corrected chi connectivity index (χ3v) is 3.02. The molecule has 15 heavy (non-hydrogen) atoms. The molecule has 0 spiro atoms. The highest BCUT2D eigenvalue weighted by Crippen LogP contribution is 2.06. The molecule has 0 atom stereocenters. The molecule has 0 aromatic carbocycles. The molecule has 1 aromatic heterocycles. The van der Waals surface area contributed by atoms with Crippen LogP contribution in [0.25, 0.3) is 0 Å². The quantitative estimate of drug-likeness (QED) is 0.610. The molecular weight excluding hydrogens is 218 g/mol. The Kier molecular flexibility index (Phi) is 3.80. The third kappa shape index (κ3) is 3.27. The van der Waals surface area contributed by atoms with Gasteiger partial charge in [-0.2, -0.15) is 5.10 Å². The lowest BCUT2D eigenvalue weighted by molar-refractivity contribution is 0.364. The van der Waals surface area contributed by atoms with Crippen LogP contribution in [0.15, 0.2) is 17.3 Å². The molecule has 0 aliphatic rings. The van der Waals surface area contributed by atoms with Gasteiger partial charge < -0.3 is 5.73 Å². The van der Waals surface area contributed by atoms with Gasteiger partial charge in [0.05, 0.1) is 12.7 Å². The Bertz CT molecular complexity index is 411. The number of hydrogen-bond donors (Lipinski definition) is 2. The molecule has 3 N–H and O–H groups in total. The summed E-state index contributed by atoms with van der Waals surface area (Å²) >= 11 is 0. The number of nitrogens with one attached hydrogen (secondary N) is 1. The summed E-state index contributed by atoms with van der Waals surface area (Å²) in [5, 5.41) is 5.24. The zero-order valence-electron chi connectivity index (χ0n) is 8.71. The first kappa shape index (κ1) is 12.1. The largest absolute Gasteiger partial charge is 0.329 e. The van der Waals surface area contributed by atoms with Crippen LogP contribution in [0.2, 0.25) is 0 Å². The molecule has 0 unspecified atom stereocenters. The SMILES string of the molecule is CN(C)NS(=O)(=O)c1cnn(CCN)c1. The maximum Gasteiger partial charge on any atom is 0.256 e. The molecule has 1 heterocycles. The minimum absolute atomic E-state index is 0.129. The van der Waals surface area contributed by atoms with Gasteiger partial charge in [-0.1, -0.05) is 0 Å². The van der Waals surface area contributed by atoms with E-state index in [2.05, 4.69) is 9.93 Å². The molecule has 1 aromatic rings. The topological polar surface area (TPSA) is 93.2 Å². The lowest BCUT2D eigenvalue weighted by atomic mass is 10.6. The van der Waals surface area contributed by atoms with Gasteiger partial charge in [0.15, 0.2) is 0 Å². The molecule has 0 amide bonds. The van der Waals surface area contributed by atoms with E-state index in [9.17, 15) is 8.42 Å². The number of rotatable bonds is 5. The van der Waals surface area contributed by atoms with Crippen LogP contribution in [0.3, 0.4) is 0 Å². The maximum atomic E-state index is 11.6. The van der Waals surface area contributed by atoms with Gasteiger partial charge in [-0.3, -0.25) is 4.68 Å². The standard InChI is InChI=1S/C7H15N5O2S/c1-11(2)10-15(13,14)7-5-9-12(6-7)4-3-8/h5-6,10H,3-4,8H2,1-2H3. The molecule has 0 aliphatic carbocycles. The Balaban J connectivity index is 2.86. The van der Waals surface area contributed by atoms with Crippen molar-refractivity contribution < 1.29 is 8.42 Å². The first-order valence-corrected chi connectivity index (χ1v) is 5.86. The Morgan fingerprint density at radius 3 is 2.80 bits per heavy atom. The predicted molar refractivity (Wildman–Crippen MR) is 55.3 cm³/mol. The van der Waals surface area contributed by atoms with E-state index in [1.165, 1.54) is 22.1 Å². The van der Waals surface area contributed by atoms with E-state index in [4.69, 9.17) is 5.73 Å². The van der Waals surface area contributed by atoms with E-state index in [1.807, 2.05) is 0 Å². The van der Waals surface area contributed by atoms with E-state index in [-0.39, 0.29) is 4.90 Å². The number of nitrogens with two attached hydrogens (primary N) is 1. The molecule has 0 radical (unpaired) electrons. The summed E-state index contributed by atoms with van der Waals surface area (Å²) in [6, 6.07) is 0. The first-order chi connectivity index (χ1) is 6.95. The van der Waals surface area contributed by atoms with Crippen LogP contribution in [0.5, 0.6) is 0 Å². The number of aromatic nitrogens is 2. The van der Waals surface area contributed by atoms with E-state index in [0.29, 0.717) is 13.1 Å². The van der Waals surface area contributed by atoms with E-state index in [1.54, 1.807) is 14.1 Å². The Morgan fingerprint density at radius 1 is 1.60 bits per heavy atom. The zero-order chi connectivity index (χ0) is 11.5. The van der Waals surface area contributed by atoms with Gasteiger partial charge in [-0.25, -0.2) is 13.4 Å². The molecule has 8 heteroatoms. The molecule has 0 bridgehead atoms. The number of sulfonamides is 1. The van der Waals surface area contributed by atoms with Gasteiger partial charge >= 0.3 is 0 Å². The highest BCUT2D eigenvalue weighted by molar-refractivity contribution is 7.89. The summed E-state index contributed by atoms with van der Waals surface area (Å²) in [4.78, 5) is 2.44. The van der Waals surface area contributed by atoms with Crippen LogP contribution in [-0.4, -0.2) is 43.8 Å². The van der Waals surface area contributed by atoms with E-state index >= 15 is 0 Å². The Hall–Kier alpha value is -0.960. The van der Waals surface area contributed by atoms with Gasteiger partial charge in [0.25, 0.3) is 10.0 Å². The normalized spacial score (nSPS) is 12.3. The fourth-order valence-electron chi connectivity index (χ4n) is 1.03. The van der Waals surface area contributed by atoms with E-state index < -0.39 is 10.0 Å². The van der Waals surface area contributed by atoms with Crippen molar-refractivity contribution in [3.63, 3.8) is 0 Å². The van der Waals surface area contributed by atoms with Crippen LogP contribution in [-0.2, 0) is 16.6 Å². The van der Waals surface area contributed by atoms with Gasteiger partial charge in [0, 0.05) is 26.8 Å². The third-order valence-electron chi connectivity index (χ3n) is 1.58.